The maximum absolute atomic E-state index is 12.6. The summed E-state index contributed by atoms with van der Waals surface area (Å²) in [4.78, 5) is 25.1. The Kier molecular flexibility index (Phi) is 6.96. The summed E-state index contributed by atoms with van der Waals surface area (Å²) in [6.45, 7) is 0. The number of fused-ring (bicyclic) bond motifs is 1. The first-order valence-electron chi connectivity index (χ1n) is 10.7. The molecule has 0 atom stereocenters. The lowest BCUT2D eigenvalue weighted by Gasteiger charge is -2.18. The highest BCUT2D eigenvalue weighted by Gasteiger charge is 2.20. The highest BCUT2D eigenvalue weighted by Crippen LogP contribution is 2.30. The average molecular weight is 437 g/mol. The van der Waals surface area contributed by atoms with Crippen molar-refractivity contribution < 1.29 is 19.1 Å². The molecular formula is C29H24O4. The van der Waals surface area contributed by atoms with E-state index in [0.717, 1.165) is 27.5 Å². The van der Waals surface area contributed by atoms with E-state index in [4.69, 9.17) is 9.47 Å². The van der Waals surface area contributed by atoms with Gasteiger partial charge in [-0.05, 0) is 28.7 Å². The molecule has 0 aliphatic rings. The van der Waals surface area contributed by atoms with Gasteiger partial charge in [-0.3, -0.25) is 9.59 Å². The van der Waals surface area contributed by atoms with Gasteiger partial charge in [0, 0.05) is 10.9 Å². The van der Waals surface area contributed by atoms with Crippen molar-refractivity contribution in [3.8, 4) is 5.75 Å². The normalized spacial score (nSPS) is 11.1. The number of carbonyl (C=O) groups is 2. The first-order chi connectivity index (χ1) is 16.2. The maximum atomic E-state index is 12.6. The molecule has 0 unspecified atom stereocenters. The number of ether oxygens (including phenoxy) is 2. The summed E-state index contributed by atoms with van der Waals surface area (Å²) in [7, 11) is 1.60. The molecule has 0 heterocycles. The summed E-state index contributed by atoms with van der Waals surface area (Å²) in [5.74, 6) is -0.226. The fraction of sp³-hybridized carbons (Fsp3) is 0.103. The van der Waals surface area contributed by atoms with Crippen LogP contribution in [0.25, 0.3) is 16.8 Å². The summed E-state index contributed by atoms with van der Waals surface area (Å²) in [5, 5.41) is 2.01. The van der Waals surface area contributed by atoms with E-state index in [1.54, 1.807) is 13.2 Å². The number of ketones is 1. The van der Waals surface area contributed by atoms with E-state index < -0.39 is 12.1 Å². The molecule has 4 aromatic carbocycles. The minimum atomic E-state index is -0.576. The minimum Gasteiger partial charge on any atom is -0.495 e. The van der Waals surface area contributed by atoms with Crippen LogP contribution >= 0.6 is 0 Å². The number of carbonyl (C=O) groups excluding carboxylic acids is 2. The second-order valence-electron chi connectivity index (χ2n) is 7.58. The number of allylic oxidation sites excluding steroid dienone is 1. The highest BCUT2D eigenvalue weighted by molar-refractivity contribution is 6.04. The van der Waals surface area contributed by atoms with Crippen LogP contribution in [0.3, 0.4) is 0 Å². The van der Waals surface area contributed by atoms with E-state index in [1.165, 1.54) is 6.08 Å². The van der Waals surface area contributed by atoms with Crippen molar-refractivity contribution in [1.82, 2.24) is 0 Å². The Hall–Kier alpha value is -4.18. The molecule has 0 bridgehead atoms. The van der Waals surface area contributed by atoms with Crippen LogP contribution in [0.4, 0.5) is 0 Å². The van der Waals surface area contributed by atoms with Crippen molar-refractivity contribution in [2.45, 2.75) is 12.5 Å². The van der Waals surface area contributed by atoms with Crippen LogP contribution in [0, 0.1) is 0 Å². The molecule has 0 radical (unpaired) electrons. The SMILES string of the molecule is COc1c(/C=C/C(=O)CC(=O)OC(c2ccccc2)c2ccccc2)ccc2ccccc12. The van der Waals surface area contributed by atoms with Crippen molar-refractivity contribution in [2.75, 3.05) is 7.11 Å². The predicted octanol–water partition coefficient (Wildman–Crippen LogP) is 6.15. The van der Waals surface area contributed by atoms with E-state index in [-0.39, 0.29) is 12.2 Å². The first-order valence-corrected chi connectivity index (χ1v) is 10.7. The molecule has 0 saturated heterocycles. The fourth-order valence-electron chi connectivity index (χ4n) is 3.76. The number of hydrogen-bond donors (Lipinski definition) is 0. The van der Waals surface area contributed by atoms with E-state index in [9.17, 15) is 9.59 Å². The van der Waals surface area contributed by atoms with Crippen LogP contribution in [0.1, 0.15) is 29.2 Å². The molecule has 0 N–H and O–H groups in total. The van der Waals surface area contributed by atoms with Gasteiger partial charge in [0.15, 0.2) is 11.9 Å². The average Bonchev–Trinajstić information content (AvgIpc) is 2.86. The third-order valence-corrected chi connectivity index (χ3v) is 5.34. The Bertz CT molecular complexity index is 1240. The van der Waals surface area contributed by atoms with Gasteiger partial charge in [-0.25, -0.2) is 0 Å². The highest BCUT2D eigenvalue weighted by atomic mass is 16.5. The molecule has 33 heavy (non-hydrogen) atoms. The topological polar surface area (TPSA) is 52.6 Å². The van der Waals surface area contributed by atoms with Gasteiger partial charge < -0.3 is 9.47 Å². The zero-order valence-corrected chi connectivity index (χ0v) is 18.3. The summed E-state index contributed by atoms with van der Waals surface area (Å²) in [6, 6.07) is 30.7. The summed E-state index contributed by atoms with van der Waals surface area (Å²) in [5.41, 5.74) is 2.46. The van der Waals surface area contributed by atoms with Gasteiger partial charge >= 0.3 is 5.97 Å². The number of methoxy groups -OCH3 is 1. The lowest BCUT2D eigenvalue weighted by atomic mass is 10.0. The van der Waals surface area contributed by atoms with Gasteiger partial charge in [-0.1, -0.05) is 97.1 Å². The quantitative estimate of drug-likeness (QED) is 0.189. The zero-order chi connectivity index (χ0) is 23.0. The Morgan fingerprint density at radius 3 is 2.03 bits per heavy atom. The van der Waals surface area contributed by atoms with Gasteiger partial charge in [-0.2, -0.15) is 0 Å². The van der Waals surface area contributed by atoms with Crippen LogP contribution < -0.4 is 4.74 Å². The molecule has 0 amide bonds. The van der Waals surface area contributed by atoms with Crippen LogP contribution in [-0.2, 0) is 14.3 Å². The van der Waals surface area contributed by atoms with Crippen LogP contribution in [-0.4, -0.2) is 18.9 Å². The lowest BCUT2D eigenvalue weighted by molar-refractivity contribution is -0.148. The fourth-order valence-corrected chi connectivity index (χ4v) is 3.76. The third-order valence-electron chi connectivity index (χ3n) is 5.34. The Morgan fingerprint density at radius 1 is 0.788 bits per heavy atom. The first kappa shape index (κ1) is 22.0. The van der Waals surface area contributed by atoms with Gasteiger partial charge in [0.2, 0.25) is 0 Å². The van der Waals surface area contributed by atoms with Crippen molar-refractivity contribution in [1.29, 1.82) is 0 Å². The largest absolute Gasteiger partial charge is 0.495 e. The Morgan fingerprint density at radius 2 is 1.39 bits per heavy atom. The molecule has 0 fully saturated rings. The number of hydrogen-bond acceptors (Lipinski definition) is 4. The van der Waals surface area contributed by atoms with Crippen LogP contribution in [0.15, 0.2) is 103 Å². The molecular weight excluding hydrogens is 412 g/mol. The molecule has 0 aliphatic heterocycles. The zero-order valence-electron chi connectivity index (χ0n) is 18.3. The molecule has 4 nitrogen and oxygen atoms in total. The van der Waals surface area contributed by atoms with Crippen LogP contribution in [0.2, 0.25) is 0 Å². The lowest BCUT2D eigenvalue weighted by Crippen LogP contribution is -2.15. The molecule has 0 aliphatic carbocycles. The minimum absolute atomic E-state index is 0.338. The van der Waals surface area contributed by atoms with E-state index >= 15 is 0 Å². The monoisotopic (exact) mass is 436 g/mol. The molecule has 0 spiro atoms. The molecule has 164 valence electrons. The molecule has 0 saturated carbocycles. The van der Waals surface area contributed by atoms with E-state index in [0.29, 0.717) is 5.75 Å². The van der Waals surface area contributed by atoms with Gasteiger partial charge in [0.1, 0.15) is 12.2 Å². The van der Waals surface area contributed by atoms with Crippen molar-refractivity contribution in [3.05, 3.63) is 120 Å². The molecule has 0 aromatic heterocycles. The molecule has 4 aromatic rings. The van der Waals surface area contributed by atoms with Gasteiger partial charge in [0.25, 0.3) is 0 Å². The second kappa shape index (κ2) is 10.4. The summed E-state index contributed by atoms with van der Waals surface area (Å²) < 4.78 is 11.3. The van der Waals surface area contributed by atoms with E-state index in [1.807, 2.05) is 97.1 Å². The Balaban J connectivity index is 1.48. The van der Waals surface area contributed by atoms with Crippen LogP contribution in [0.5, 0.6) is 5.75 Å². The number of benzene rings is 4. The number of rotatable bonds is 8. The van der Waals surface area contributed by atoms with Crippen molar-refractivity contribution in [2.24, 2.45) is 0 Å². The van der Waals surface area contributed by atoms with E-state index in [2.05, 4.69) is 0 Å². The number of esters is 1. The van der Waals surface area contributed by atoms with Crippen molar-refractivity contribution >= 4 is 28.6 Å². The van der Waals surface area contributed by atoms with Crippen molar-refractivity contribution in [3.63, 3.8) is 0 Å². The standard InChI is InChI=1S/C29H24O4/c1-32-29-24(17-16-21-10-8-9-15-26(21)29)18-19-25(30)20-27(31)33-28(22-11-4-2-5-12-22)23-13-6-3-7-14-23/h2-19,28H,20H2,1H3/b19-18+. The third kappa shape index (κ3) is 5.36. The Labute approximate surface area is 193 Å². The van der Waals surface area contributed by atoms with Gasteiger partial charge in [0.05, 0.1) is 7.11 Å². The smallest absolute Gasteiger partial charge is 0.314 e. The van der Waals surface area contributed by atoms with Gasteiger partial charge in [-0.15, -0.1) is 0 Å². The second-order valence-corrected chi connectivity index (χ2v) is 7.58. The predicted molar refractivity (Wildman–Crippen MR) is 130 cm³/mol. The molecule has 4 heteroatoms. The summed E-state index contributed by atoms with van der Waals surface area (Å²) in [6.07, 6.45) is 2.15. The summed E-state index contributed by atoms with van der Waals surface area (Å²) >= 11 is 0. The maximum Gasteiger partial charge on any atom is 0.314 e. The molecule has 4 rings (SSSR count).